The number of aromatic nitrogens is 2. The molecule has 0 unspecified atom stereocenters. The Kier molecular flexibility index (Phi) is 3.51. The predicted octanol–water partition coefficient (Wildman–Crippen LogP) is 2.26. The number of fused-ring (bicyclic) bond motifs is 1. The summed E-state index contributed by atoms with van der Waals surface area (Å²) >= 11 is 1.16. The number of hydrogen-bond acceptors (Lipinski definition) is 6. The van der Waals surface area contributed by atoms with Crippen LogP contribution in [0.15, 0.2) is 18.2 Å². The van der Waals surface area contributed by atoms with E-state index in [9.17, 15) is 4.79 Å². The van der Waals surface area contributed by atoms with Gasteiger partial charge in [-0.3, -0.25) is 10.1 Å². The van der Waals surface area contributed by atoms with Gasteiger partial charge in [0.25, 0.3) is 5.91 Å². The summed E-state index contributed by atoms with van der Waals surface area (Å²) in [5.41, 5.74) is 0.502. The molecular weight excluding hydrogens is 278 g/mol. The second-order valence-electron chi connectivity index (χ2n) is 4.31. The van der Waals surface area contributed by atoms with E-state index in [0.717, 1.165) is 18.0 Å². The van der Waals surface area contributed by atoms with Crippen LogP contribution in [0.3, 0.4) is 0 Å². The minimum absolute atomic E-state index is 0.239. The van der Waals surface area contributed by atoms with Gasteiger partial charge in [-0.15, -0.1) is 0 Å². The van der Waals surface area contributed by atoms with Crippen molar-refractivity contribution in [3.05, 3.63) is 29.6 Å². The summed E-state index contributed by atoms with van der Waals surface area (Å²) in [5, 5.41) is 3.20. The van der Waals surface area contributed by atoms with E-state index in [0.29, 0.717) is 41.2 Å². The average molecular weight is 291 g/mol. The average Bonchev–Trinajstić information content (AvgIpc) is 2.72. The third-order valence-electron chi connectivity index (χ3n) is 2.76. The van der Waals surface area contributed by atoms with Crippen LogP contribution in [0, 0.1) is 6.92 Å². The molecule has 0 bridgehead atoms. The molecule has 0 fully saturated rings. The molecule has 20 heavy (non-hydrogen) atoms. The van der Waals surface area contributed by atoms with Crippen molar-refractivity contribution in [1.82, 2.24) is 9.36 Å². The van der Waals surface area contributed by atoms with Gasteiger partial charge in [-0.1, -0.05) is 0 Å². The number of nitrogens with one attached hydrogen (secondary N) is 1. The van der Waals surface area contributed by atoms with E-state index in [1.54, 1.807) is 25.1 Å². The summed E-state index contributed by atoms with van der Waals surface area (Å²) in [5.74, 6) is 1.68. The van der Waals surface area contributed by atoms with Crippen LogP contribution in [0.4, 0.5) is 5.13 Å². The third kappa shape index (κ3) is 2.72. The Morgan fingerprint density at radius 2 is 2.10 bits per heavy atom. The Labute approximate surface area is 119 Å². The van der Waals surface area contributed by atoms with Gasteiger partial charge in [-0.05, 0) is 25.1 Å². The summed E-state index contributed by atoms with van der Waals surface area (Å²) in [6, 6.07) is 5.14. The predicted molar refractivity (Wildman–Crippen MR) is 74.6 cm³/mol. The molecule has 1 aliphatic rings. The standard InChI is InChI=1S/C13H13N3O3S/c1-8-14-13(20-16-8)15-12(17)9-3-4-10-11(7-9)19-6-2-5-18-10/h3-4,7H,2,5-6H2,1H3,(H,14,15,16,17). The van der Waals surface area contributed by atoms with Crippen LogP contribution in [0.2, 0.25) is 0 Å². The van der Waals surface area contributed by atoms with E-state index in [1.807, 2.05) is 0 Å². The lowest BCUT2D eigenvalue weighted by Crippen LogP contribution is -2.12. The summed E-state index contributed by atoms with van der Waals surface area (Å²) in [6.45, 7) is 3.00. The van der Waals surface area contributed by atoms with E-state index in [1.165, 1.54) is 0 Å². The molecule has 0 spiro atoms. The fourth-order valence-corrected chi connectivity index (χ4v) is 2.39. The Morgan fingerprint density at radius 3 is 2.85 bits per heavy atom. The van der Waals surface area contributed by atoms with E-state index in [2.05, 4.69) is 14.7 Å². The number of ether oxygens (including phenoxy) is 2. The van der Waals surface area contributed by atoms with Crippen molar-refractivity contribution < 1.29 is 14.3 Å². The van der Waals surface area contributed by atoms with Crippen molar-refractivity contribution in [1.29, 1.82) is 0 Å². The van der Waals surface area contributed by atoms with Crippen molar-refractivity contribution in [3.8, 4) is 11.5 Å². The first-order valence-electron chi connectivity index (χ1n) is 6.24. The van der Waals surface area contributed by atoms with Crippen LogP contribution in [0.1, 0.15) is 22.6 Å². The lowest BCUT2D eigenvalue weighted by Gasteiger charge is -2.08. The number of nitrogens with zero attached hydrogens (tertiary/aromatic N) is 2. The summed E-state index contributed by atoms with van der Waals surface area (Å²) in [4.78, 5) is 16.2. The second kappa shape index (κ2) is 5.46. The van der Waals surface area contributed by atoms with Gasteiger partial charge in [-0.25, -0.2) is 4.98 Å². The summed E-state index contributed by atoms with van der Waals surface area (Å²) in [7, 11) is 0. The van der Waals surface area contributed by atoms with Crippen molar-refractivity contribution in [3.63, 3.8) is 0 Å². The SMILES string of the molecule is Cc1nsc(NC(=O)c2ccc3c(c2)OCCCO3)n1. The van der Waals surface area contributed by atoms with Crippen molar-refractivity contribution in [2.24, 2.45) is 0 Å². The van der Waals surface area contributed by atoms with Crippen LogP contribution >= 0.6 is 11.5 Å². The van der Waals surface area contributed by atoms with Gasteiger partial charge in [0.1, 0.15) is 5.82 Å². The minimum Gasteiger partial charge on any atom is -0.490 e. The molecular formula is C13H13N3O3S. The number of hydrogen-bond donors (Lipinski definition) is 1. The first-order chi connectivity index (χ1) is 9.72. The minimum atomic E-state index is -0.239. The maximum Gasteiger partial charge on any atom is 0.257 e. The molecule has 2 aromatic rings. The molecule has 1 amide bonds. The smallest absolute Gasteiger partial charge is 0.257 e. The fraction of sp³-hybridized carbons (Fsp3) is 0.308. The van der Waals surface area contributed by atoms with Gasteiger partial charge in [-0.2, -0.15) is 4.37 Å². The number of amides is 1. The maximum atomic E-state index is 12.1. The zero-order valence-electron chi connectivity index (χ0n) is 10.9. The van der Waals surface area contributed by atoms with Crippen molar-refractivity contribution in [2.45, 2.75) is 13.3 Å². The Bertz CT molecular complexity index is 642. The Balaban J connectivity index is 1.79. The summed E-state index contributed by atoms with van der Waals surface area (Å²) < 4.78 is 15.1. The van der Waals surface area contributed by atoms with Crippen LogP contribution < -0.4 is 14.8 Å². The molecule has 1 aliphatic heterocycles. The van der Waals surface area contributed by atoms with Gasteiger partial charge in [0.15, 0.2) is 11.5 Å². The highest BCUT2D eigenvalue weighted by molar-refractivity contribution is 7.09. The Morgan fingerprint density at radius 1 is 1.30 bits per heavy atom. The molecule has 1 N–H and O–H groups in total. The highest BCUT2D eigenvalue weighted by Gasteiger charge is 2.15. The van der Waals surface area contributed by atoms with Crippen molar-refractivity contribution >= 4 is 22.6 Å². The number of benzene rings is 1. The normalized spacial score (nSPS) is 13.7. The Hall–Kier alpha value is -2.15. The number of aryl methyl sites for hydroxylation is 1. The molecule has 2 heterocycles. The quantitative estimate of drug-likeness (QED) is 0.918. The van der Waals surface area contributed by atoms with Gasteiger partial charge < -0.3 is 9.47 Å². The van der Waals surface area contributed by atoms with Crippen molar-refractivity contribution in [2.75, 3.05) is 18.5 Å². The molecule has 1 aromatic heterocycles. The lowest BCUT2D eigenvalue weighted by molar-refractivity contribution is 0.102. The van der Waals surface area contributed by atoms with E-state index >= 15 is 0 Å². The topological polar surface area (TPSA) is 73.3 Å². The number of rotatable bonds is 2. The van der Waals surface area contributed by atoms with E-state index < -0.39 is 0 Å². The first kappa shape index (κ1) is 12.9. The van der Waals surface area contributed by atoms with E-state index in [-0.39, 0.29) is 5.91 Å². The number of anilines is 1. The zero-order valence-corrected chi connectivity index (χ0v) is 11.7. The maximum absolute atomic E-state index is 12.1. The molecule has 0 atom stereocenters. The third-order valence-corrected chi connectivity index (χ3v) is 3.48. The molecule has 0 aliphatic carbocycles. The highest BCUT2D eigenvalue weighted by atomic mass is 32.1. The van der Waals surface area contributed by atoms with Crippen LogP contribution in [0.5, 0.6) is 11.5 Å². The molecule has 6 nitrogen and oxygen atoms in total. The molecule has 104 valence electrons. The van der Waals surface area contributed by atoms with Gasteiger partial charge >= 0.3 is 0 Å². The zero-order chi connectivity index (χ0) is 13.9. The molecule has 1 aromatic carbocycles. The van der Waals surface area contributed by atoms with Crippen LogP contribution in [-0.2, 0) is 0 Å². The van der Waals surface area contributed by atoms with E-state index in [4.69, 9.17) is 9.47 Å². The van der Waals surface area contributed by atoms with Gasteiger partial charge in [0.2, 0.25) is 5.13 Å². The molecule has 7 heteroatoms. The first-order valence-corrected chi connectivity index (χ1v) is 7.01. The molecule has 3 rings (SSSR count). The van der Waals surface area contributed by atoms with Crippen LogP contribution in [0.25, 0.3) is 0 Å². The van der Waals surface area contributed by atoms with Gasteiger partial charge in [0, 0.05) is 23.5 Å². The second-order valence-corrected chi connectivity index (χ2v) is 5.06. The monoisotopic (exact) mass is 291 g/mol. The number of carbonyl (C=O) groups is 1. The lowest BCUT2D eigenvalue weighted by atomic mass is 10.2. The molecule has 0 radical (unpaired) electrons. The van der Waals surface area contributed by atoms with Gasteiger partial charge in [0.05, 0.1) is 13.2 Å². The van der Waals surface area contributed by atoms with Crippen LogP contribution in [-0.4, -0.2) is 28.5 Å². The molecule has 0 saturated heterocycles. The fourth-order valence-electron chi connectivity index (χ4n) is 1.82. The summed E-state index contributed by atoms with van der Waals surface area (Å²) in [6.07, 6.45) is 0.834. The number of carbonyl (C=O) groups excluding carboxylic acids is 1. The highest BCUT2D eigenvalue weighted by Crippen LogP contribution is 2.30. The largest absolute Gasteiger partial charge is 0.490 e. The molecule has 0 saturated carbocycles.